The van der Waals surface area contributed by atoms with Crippen LogP contribution in [0.15, 0.2) is 24.3 Å². The zero-order chi connectivity index (χ0) is 26.0. The molecule has 2 rings (SSSR count). The monoisotopic (exact) mass is 505 g/mol. The molecule has 3 amide bonds. The molecule has 0 aliphatic carbocycles. The van der Waals surface area contributed by atoms with Gasteiger partial charge in [0.25, 0.3) is 5.91 Å². The third kappa shape index (κ3) is 13.1. The van der Waals surface area contributed by atoms with E-state index in [1.165, 1.54) is 0 Å². The van der Waals surface area contributed by atoms with Crippen molar-refractivity contribution in [2.45, 2.75) is 19.4 Å². The zero-order valence-corrected chi connectivity index (χ0v) is 20.7. The molecule has 1 aliphatic heterocycles. The van der Waals surface area contributed by atoms with Crippen LogP contribution in [0.5, 0.6) is 0 Å². The van der Waals surface area contributed by atoms with Crippen LogP contribution in [0, 0.1) is 0 Å². The number of carboxylic acid groups (broad SMARTS) is 1. The van der Waals surface area contributed by atoms with E-state index in [0.29, 0.717) is 5.56 Å². The molecule has 1 aromatic rings. The normalized spacial score (nSPS) is 16.3. The number of nitrogens with one attached hydrogen (secondary N) is 6. The molecule has 12 heteroatoms. The Bertz CT molecular complexity index is 821. The van der Waals surface area contributed by atoms with Crippen molar-refractivity contribution >= 4 is 23.7 Å². The number of carboxylic acids is 1. The Morgan fingerprint density at radius 2 is 1.31 bits per heavy atom. The molecule has 1 aliphatic rings. The molecule has 1 fully saturated rings. The highest BCUT2D eigenvalue weighted by molar-refractivity contribution is 5.96. The van der Waals surface area contributed by atoms with Crippen LogP contribution in [-0.2, 0) is 20.9 Å². The maximum absolute atomic E-state index is 12.4. The van der Waals surface area contributed by atoms with E-state index >= 15 is 0 Å². The van der Waals surface area contributed by atoms with Crippen LogP contribution in [0.25, 0.3) is 0 Å². The molecular formula is C24H39N7O5. The molecule has 36 heavy (non-hydrogen) atoms. The van der Waals surface area contributed by atoms with Gasteiger partial charge in [-0.2, -0.15) is 0 Å². The van der Waals surface area contributed by atoms with Gasteiger partial charge in [-0.25, -0.2) is 0 Å². The van der Waals surface area contributed by atoms with Crippen LogP contribution in [-0.4, -0.2) is 106 Å². The smallest absolute Gasteiger partial charge is 0.322 e. The number of nitrogens with zero attached hydrogens (tertiary/aromatic N) is 1. The number of carbonyl (C=O) groups is 4. The van der Waals surface area contributed by atoms with Crippen molar-refractivity contribution in [3.63, 3.8) is 0 Å². The van der Waals surface area contributed by atoms with Crippen LogP contribution < -0.4 is 31.9 Å². The summed E-state index contributed by atoms with van der Waals surface area (Å²) in [5, 5.41) is 25.9. The third-order valence-electron chi connectivity index (χ3n) is 5.53. The van der Waals surface area contributed by atoms with Gasteiger partial charge in [-0.1, -0.05) is 12.1 Å². The predicted molar refractivity (Wildman–Crippen MR) is 136 cm³/mol. The highest BCUT2D eigenvalue weighted by Crippen LogP contribution is 2.08. The molecule has 200 valence electrons. The number of hydrogen-bond acceptors (Lipinski definition) is 8. The highest BCUT2D eigenvalue weighted by Gasteiger charge is 2.11. The summed E-state index contributed by atoms with van der Waals surface area (Å²) in [4.78, 5) is 48.4. The van der Waals surface area contributed by atoms with Gasteiger partial charge in [-0.3, -0.25) is 24.1 Å². The molecule has 12 nitrogen and oxygen atoms in total. The van der Waals surface area contributed by atoms with Gasteiger partial charge in [0.1, 0.15) is 6.54 Å². The molecule has 1 heterocycles. The molecule has 0 spiro atoms. The first-order valence-electron chi connectivity index (χ1n) is 12.4. The summed E-state index contributed by atoms with van der Waals surface area (Å²) >= 11 is 0. The van der Waals surface area contributed by atoms with Crippen molar-refractivity contribution in [1.29, 1.82) is 0 Å². The van der Waals surface area contributed by atoms with E-state index in [9.17, 15) is 19.2 Å². The van der Waals surface area contributed by atoms with Crippen LogP contribution in [0.1, 0.15) is 28.8 Å². The number of hydrogen-bond donors (Lipinski definition) is 7. The number of carbonyl (C=O) groups excluding carboxylic acids is 3. The van der Waals surface area contributed by atoms with Crippen molar-refractivity contribution < 1.29 is 24.3 Å². The first kappa shape index (κ1) is 29.2. The van der Waals surface area contributed by atoms with E-state index < -0.39 is 30.2 Å². The van der Waals surface area contributed by atoms with Gasteiger partial charge in [-0.15, -0.1) is 0 Å². The molecule has 0 bridgehead atoms. The molecule has 1 saturated heterocycles. The highest BCUT2D eigenvalue weighted by atomic mass is 16.4. The first-order valence-corrected chi connectivity index (χ1v) is 12.4. The number of amides is 3. The molecule has 1 aromatic carbocycles. The maximum Gasteiger partial charge on any atom is 0.322 e. The van der Waals surface area contributed by atoms with Crippen LogP contribution in [0.2, 0.25) is 0 Å². The van der Waals surface area contributed by atoms with Gasteiger partial charge in [0.2, 0.25) is 11.8 Å². The summed E-state index contributed by atoms with van der Waals surface area (Å²) in [6, 6.07) is 7.31. The summed E-state index contributed by atoms with van der Waals surface area (Å²) in [6.07, 6.45) is 2.16. The van der Waals surface area contributed by atoms with Crippen molar-refractivity contribution in [2.75, 3.05) is 72.0 Å². The molecule has 0 atom stereocenters. The van der Waals surface area contributed by atoms with Gasteiger partial charge < -0.3 is 37.0 Å². The van der Waals surface area contributed by atoms with E-state index in [-0.39, 0.29) is 13.1 Å². The van der Waals surface area contributed by atoms with Gasteiger partial charge in [-0.05, 0) is 56.7 Å². The molecule has 7 N–H and O–H groups in total. The van der Waals surface area contributed by atoms with Crippen molar-refractivity contribution in [3.8, 4) is 0 Å². The Kier molecular flexibility index (Phi) is 14.1. The fraction of sp³-hybridized carbons (Fsp3) is 0.583. The second kappa shape index (κ2) is 17.4. The van der Waals surface area contributed by atoms with Gasteiger partial charge in [0, 0.05) is 38.3 Å². The van der Waals surface area contributed by atoms with E-state index in [2.05, 4.69) is 36.8 Å². The Morgan fingerprint density at radius 3 is 1.97 bits per heavy atom. The van der Waals surface area contributed by atoms with Crippen molar-refractivity contribution in [1.82, 2.24) is 36.8 Å². The molecule has 0 aromatic heterocycles. The van der Waals surface area contributed by atoms with E-state index in [1.807, 2.05) is 12.1 Å². The van der Waals surface area contributed by atoms with E-state index in [1.54, 1.807) is 12.1 Å². The van der Waals surface area contributed by atoms with Crippen LogP contribution >= 0.6 is 0 Å². The molecule has 0 saturated carbocycles. The minimum atomic E-state index is -1.18. The van der Waals surface area contributed by atoms with Crippen LogP contribution in [0.4, 0.5) is 0 Å². The second-order valence-corrected chi connectivity index (χ2v) is 8.56. The summed E-state index contributed by atoms with van der Waals surface area (Å²) in [7, 11) is 0. The Balaban J connectivity index is 1.75. The molecule has 0 unspecified atom stereocenters. The zero-order valence-electron chi connectivity index (χ0n) is 20.7. The standard InChI is InChI=1S/C24H39N7O5/c32-21(29-17-23(34)35)15-28-22(33)16-30-24(36)20-5-3-19(4-6-20)18-31-13-2-9-26-11-10-25-7-1-8-27-12-14-31/h3-6,25-27H,1-2,7-18H2,(H,28,33)(H,29,32)(H,30,36)(H,34,35). The van der Waals surface area contributed by atoms with E-state index in [0.717, 1.165) is 77.3 Å². The van der Waals surface area contributed by atoms with Gasteiger partial charge in [0.05, 0.1) is 13.1 Å². The lowest BCUT2D eigenvalue weighted by Crippen LogP contribution is -2.42. The summed E-state index contributed by atoms with van der Waals surface area (Å²) in [5.74, 6) is -2.74. The maximum atomic E-state index is 12.4. The quantitative estimate of drug-likeness (QED) is 0.203. The van der Waals surface area contributed by atoms with Crippen molar-refractivity contribution in [2.24, 2.45) is 0 Å². The second-order valence-electron chi connectivity index (χ2n) is 8.56. The fourth-order valence-electron chi connectivity index (χ4n) is 3.59. The minimum absolute atomic E-state index is 0.294. The van der Waals surface area contributed by atoms with Gasteiger partial charge >= 0.3 is 5.97 Å². The number of rotatable bonds is 9. The average molecular weight is 506 g/mol. The number of aliphatic carboxylic acids is 1. The SMILES string of the molecule is O=C(O)CNC(=O)CNC(=O)CNC(=O)c1ccc(CN2CCCNCCNCCCNCC2)cc1. The minimum Gasteiger partial charge on any atom is -0.480 e. The molecular weight excluding hydrogens is 466 g/mol. The summed E-state index contributed by atoms with van der Waals surface area (Å²) < 4.78 is 0. The lowest BCUT2D eigenvalue weighted by molar-refractivity contribution is -0.137. The third-order valence-corrected chi connectivity index (χ3v) is 5.53. The Labute approximate surface area is 211 Å². The molecule has 0 radical (unpaired) electrons. The topological polar surface area (TPSA) is 164 Å². The average Bonchev–Trinajstić information content (AvgIpc) is 2.87. The number of benzene rings is 1. The Morgan fingerprint density at radius 1 is 0.722 bits per heavy atom. The summed E-state index contributed by atoms with van der Waals surface area (Å²) in [5.41, 5.74) is 1.54. The largest absolute Gasteiger partial charge is 0.480 e. The van der Waals surface area contributed by atoms with Gasteiger partial charge in [0.15, 0.2) is 0 Å². The fourth-order valence-corrected chi connectivity index (χ4v) is 3.59. The van der Waals surface area contributed by atoms with Crippen LogP contribution in [0.3, 0.4) is 0 Å². The predicted octanol–water partition coefficient (Wildman–Crippen LogP) is -1.90. The lowest BCUT2D eigenvalue weighted by atomic mass is 10.1. The summed E-state index contributed by atoms with van der Waals surface area (Å²) in [6.45, 7) is 7.41. The van der Waals surface area contributed by atoms with Crippen molar-refractivity contribution in [3.05, 3.63) is 35.4 Å². The first-order chi connectivity index (χ1) is 17.4. The van der Waals surface area contributed by atoms with E-state index in [4.69, 9.17) is 5.11 Å². The lowest BCUT2D eigenvalue weighted by Gasteiger charge is -2.23. The Hall–Kier alpha value is -3.06.